The number of benzene rings is 2. The van der Waals surface area contributed by atoms with Gasteiger partial charge in [-0.25, -0.2) is 0 Å². The Balaban J connectivity index is 2.49. The molecule has 110 valence electrons. The van der Waals surface area contributed by atoms with Crippen LogP contribution in [-0.4, -0.2) is 13.0 Å². The molecule has 2 aromatic rings. The quantitative estimate of drug-likeness (QED) is 0.900. The molecular weight excluding hydrogens is 262 g/mol. The monoisotopic (exact) mass is 283 g/mol. The maximum Gasteiger partial charge on any atom is 0.221 e. The lowest BCUT2D eigenvalue weighted by Gasteiger charge is -2.14. The number of methoxy groups -OCH3 is 1. The van der Waals surface area contributed by atoms with Gasteiger partial charge in [-0.3, -0.25) is 4.79 Å². The van der Waals surface area contributed by atoms with Crippen molar-refractivity contribution in [1.29, 1.82) is 0 Å². The van der Waals surface area contributed by atoms with E-state index in [0.717, 1.165) is 22.6 Å². The van der Waals surface area contributed by atoms with Crippen LogP contribution in [-0.2, 0) is 4.79 Å². The smallest absolute Gasteiger partial charge is 0.221 e. The van der Waals surface area contributed by atoms with Crippen molar-refractivity contribution in [1.82, 2.24) is 0 Å². The third-order valence-electron chi connectivity index (χ3n) is 3.38. The van der Waals surface area contributed by atoms with Gasteiger partial charge in [-0.1, -0.05) is 32.0 Å². The van der Waals surface area contributed by atoms with Crippen LogP contribution >= 0.6 is 0 Å². The summed E-state index contributed by atoms with van der Waals surface area (Å²) >= 11 is 0. The fourth-order valence-electron chi connectivity index (χ4n) is 2.28. The Morgan fingerprint density at radius 2 is 1.90 bits per heavy atom. The minimum absolute atomic E-state index is 0.0740. The first-order valence-corrected chi connectivity index (χ1v) is 7.07. The third kappa shape index (κ3) is 3.63. The fourth-order valence-corrected chi connectivity index (χ4v) is 2.28. The zero-order chi connectivity index (χ0) is 15.4. The Hall–Kier alpha value is -2.29. The van der Waals surface area contributed by atoms with Gasteiger partial charge in [0.2, 0.25) is 5.91 Å². The molecule has 0 bridgehead atoms. The van der Waals surface area contributed by atoms with E-state index in [0.29, 0.717) is 5.92 Å². The van der Waals surface area contributed by atoms with Gasteiger partial charge >= 0.3 is 0 Å². The molecule has 2 rings (SSSR count). The van der Waals surface area contributed by atoms with Crippen molar-refractivity contribution in [2.45, 2.75) is 26.7 Å². The molecule has 0 radical (unpaired) electrons. The average Bonchev–Trinajstić information content (AvgIpc) is 2.46. The highest BCUT2D eigenvalue weighted by molar-refractivity contribution is 5.89. The summed E-state index contributed by atoms with van der Waals surface area (Å²) < 4.78 is 5.47. The first-order valence-electron chi connectivity index (χ1n) is 7.07. The Morgan fingerprint density at radius 1 is 1.14 bits per heavy atom. The van der Waals surface area contributed by atoms with E-state index in [-0.39, 0.29) is 5.91 Å². The van der Waals surface area contributed by atoms with Crippen LogP contribution in [0.25, 0.3) is 11.1 Å². The van der Waals surface area contributed by atoms with Crippen LogP contribution in [0.4, 0.5) is 5.69 Å². The summed E-state index contributed by atoms with van der Waals surface area (Å²) in [7, 11) is 1.67. The largest absolute Gasteiger partial charge is 0.496 e. The Bertz CT molecular complexity index is 647. The summed E-state index contributed by atoms with van der Waals surface area (Å²) in [6.07, 6.45) is 0. The molecule has 3 heteroatoms. The number of hydrogen-bond donors (Lipinski definition) is 1. The topological polar surface area (TPSA) is 38.3 Å². The third-order valence-corrected chi connectivity index (χ3v) is 3.38. The summed E-state index contributed by atoms with van der Waals surface area (Å²) in [5.41, 5.74) is 4.12. The molecule has 1 amide bonds. The van der Waals surface area contributed by atoms with E-state index in [4.69, 9.17) is 4.74 Å². The van der Waals surface area contributed by atoms with E-state index < -0.39 is 0 Å². The lowest BCUT2D eigenvalue weighted by molar-refractivity contribution is -0.114. The van der Waals surface area contributed by atoms with Gasteiger partial charge in [-0.15, -0.1) is 0 Å². The van der Waals surface area contributed by atoms with Crippen molar-refractivity contribution in [3.8, 4) is 16.9 Å². The van der Waals surface area contributed by atoms with Crippen LogP contribution in [0.3, 0.4) is 0 Å². The number of anilines is 1. The van der Waals surface area contributed by atoms with Gasteiger partial charge in [0, 0.05) is 18.2 Å². The Kier molecular flexibility index (Phi) is 4.63. The van der Waals surface area contributed by atoms with E-state index in [2.05, 4.69) is 31.3 Å². The second-order valence-corrected chi connectivity index (χ2v) is 5.38. The predicted octanol–water partition coefficient (Wildman–Crippen LogP) is 4.44. The molecule has 0 spiro atoms. The highest BCUT2D eigenvalue weighted by atomic mass is 16.5. The molecule has 0 heterocycles. The van der Waals surface area contributed by atoms with Crippen molar-refractivity contribution < 1.29 is 9.53 Å². The standard InChI is InChI=1S/C18H21NO2/c1-12(2)14-8-9-18(21-4)17(11-14)15-6-5-7-16(10-15)19-13(3)20/h5-12H,1-4H3,(H,19,20). The van der Waals surface area contributed by atoms with Crippen LogP contribution in [0.5, 0.6) is 5.75 Å². The maximum absolute atomic E-state index is 11.2. The number of carbonyl (C=O) groups excluding carboxylic acids is 1. The molecule has 21 heavy (non-hydrogen) atoms. The average molecular weight is 283 g/mol. The van der Waals surface area contributed by atoms with Gasteiger partial charge in [0.05, 0.1) is 7.11 Å². The number of amides is 1. The zero-order valence-electron chi connectivity index (χ0n) is 12.9. The second kappa shape index (κ2) is 6.44. The summed E-state index contributed by atoms with van der Waals surface area (Å²) in [4.78, 5) is 11.2. The summed E-state index contributed by atoms with van der Waals surface area (Å²) in [5.74, 6) is 1.21. The van der Waals surface area contributed by atoms with E-state index >= 15 is 0 Å². The van der Waals surface area contributed by atoms with Crippen LogP contribution < -0.4 is 10.1 Å². The van der Waals surface area contributed by atoms with Gasteiger partial charge in [-0.2, -0.15) is 0 Å². The van der Waals surface area contributed by atoms with Crippen molar-refractivity contribution in [3.63, 3.8) is 0 Å². The predicted molar refractivity (Wildman–Crippen MR) is 86.8 cm³/mol. The Morgan fingerprint density at radius 3 is 2.52 bits per heavy atom. The second-order valence-electron chi connectivity index (χ2n) is 5.38. The van der Waals surface area contributed by atoms with E-state index in [1.807, 2.05) is 30.3 Å². The van der Waals surface area contributed by atoms with E-state index in [1.165, 1.54) is 12.5 Å². The molecule has 0 saturated carbocycles. The molecule has 0 aliphatic heterocycles. The molecule has 1 N–H and O–H groups in total. The summed E-state index contributed by atoms with van der Waals surface area (Å²) in [5, 5.41) is 2.81. The van der Waals surface area contributed by atoms with Crippen LogP contribution in [0.2, 0.25) is 0 Å². The lowest BCUT2D eigenvalue weighted by atomic mass is 9.96. The first-order chi connectivity index (χ1) is 10.0. The molecule has 2 aromatic carbocycles. The number of ether oxygens (including phenoxy) is 1. The number of rotatable bonds is 4. The van der Waals surface area contributed by atoms with Crippen molar-refractivity contribution >= 4 is 11.6 Å². The van der Waals surface area contributed by atoms with Crippen LogP contribution in [0.1, 0.15) is 32.3 Å². The highest BCUT2D eigenvalue weighted by Gasteiger charge is 2.10. The summed E-state index contributed by atoms with van der Waals surface area (Å²) in [6, 6.07) is 14.0. The van der Waals surface area contributed by atoms with Crippen molar-refractivity contribution in [2.24, 2.45) is 0 Å². The number of hydrogen-bond acceptors (Lipinski definition) is 2. The van der Waals surface area contributed by atoms with E-state index in [9.17, 15) is 4.79 Å². The highest BCUT2D eigenvalue weighted by Crippen LogP contribution is 2.34. The first kappa shape index (κ1) is 15.1. The van der Waals surface area contributed by atoms with Gasteiger partial charge in [0.1, 0.15) is 5.75 Å². The van der Waals surface area contributed by atoms with Crippen molar-refractivity contribution in [3.05, 3.63) is 48.0 Å². The minimum Gasteiger partial charge on any atom is -0.496 e. The number of nitrogens with one attached hydrogen (secondary N) is 1. The van der Waals surface area contributed by atoms with Crippen molar-refractivity contribution in [2.75, 3.05) is 12.4 Å². The molecule has 0 saturated heterocycles. The normalized spacial score (nSPS) is 10.5. The van der Waals surface area contributed by atoms with Gasteiger partial charge in [0.15, 0.2) is 0 Å². The molecular formula is C18H21NO2. The molecule has 0 atom stereocenters. The van der Waals surface area contributed by atoms with Gasteiger partial charge in [0.25, 0.3) is 0 Å². The van der Waals surface area contributed by atoms with Crippen LogP contribution in [0.15, 0.2) is 42.5 Å². The zero-order valence-corrected chi connectivity index (χ0v) is 12.9. The number of carbonyl (C=O) groups is 1. The molecule has 0 aliphatic carbocycles. The molecule has 0 unspecified atom stereocenters. The minimum atomic E-state index is -0.0740. The summed E-state index contributed by atoms with van der Waals surface area (Å²) in [6.45, 7) is 5.84. The molecule has 0 aromatic heterocycles. The molecule has 0 aliphatic rings. The fraction of sp³-hybridized carbons (Fsp3) is 0.278. The van der Waals surface area contributed by atoms with E-state index in [1.54, 1.807) is 7.11 Å². The Labute approximate surface area is 126 Å². The van der Waals surface area contributed by atoms with Gasteiger partial charge in [-0.05, 0) is 41.3 Å². The maximum atomic E-state index is 11.2. The molecule has 3 nitrogen and oxygen atoms in total. The molecule has 0 fully saturated rings. The van der Waals surface area contributed by atoms with Crippen LogP contribution in [0, 0.1) is 0 Å². The SMILES string of the molecule is COc1ccc(C(C)C)cc1-c1cccc(NC(C)=O)c1. The van der Waals surface area contributed by atoms with Gasteiger partial charge < -0.3 is 10.1 Å². The lowest BCUT2D eigenvalue weighted by Crippen LogP contribution is -2.05.